The molecule has 1 aromatic heterocycles. The maximum absolute atomic E-state index is 13.9. The third kappa shape index (κ3) is 3.19. The molecule has 0 aliphatic carbocycles. The summed E-state index contributed by atoms with van der Waals surface area (Å²) in [6.45, 7) is 6.99. The molecule has 116 valence electrons. The number of hydrogen-bond donors (Lipinski definition) is 0. The van der Waals surface area contributed by atoms with Crippen molar-refractivity contribution in [3.63, 3.8) is 0 Å². The molecule has 21 heavy (non-hydrogen) atoms. The van der Waals surface area contributed by atoms with Crippen molar-refractivity contribution in [3.05, 3.63) is 29.6 Å². The van der Waals surface area contributed by atoms with Gasteiger partial charge in [-0.2, -0.15) is 0 Å². The first-order valence-corrected chi connectivity index (χ1v) is 7.52. The van der Waals surface area contributed by atoms with Gasteiger partial charge in [0.1, 0.15) is 17.2 Å². The Morgan fingerprint density at radius 3 is 2.62 bits per heavy atom. The third-order valence-electron chi connectivity index (χ3n) is 3.50. The summed E-state index contributed by atoms with van der Waals surface area (Å²) in [4.78, 5) is 4.22. The Kier molecular flexibility index (Phi) is 5.17. The topological polar surface area (TPSA) is 27.1 Å². The van der Waals surface area contributed by atoms with Crippen molar-refractivity contribution in [1.82, 2.24) is 9.55 Å². The number of hydrogen-bond acceptors (Lipinski definition) is 2. The van der Waals surface area contributed by atoms with E-state index in [1.54, 1.807) is 4.57 Å². The highest BCUT2D eigenvalue weighted by atomic mass is 35.5. The molecule has 0 saturated carbocycles. The molecular weight excluding hydrogens is 298 g/mol. The van der Waals surface area contributed by atoms with Crippen LogP contribution in [-0.4, -0.2) is 22.8 Å². The number of ether oxygens (including phenoxy) is 1. The van der Waals surface area contributed by atoms with Gasteiger partial charge in [0.25, 0.3) is 0 Å². The van der Waals surface area contributed by atoms with E-state index < -0.39 is 11.6 Å². The summed E-state index contributed by atoms with van der Waals surface area (Å²) in [5.41, 5.74) is 0.566. The lowest BCUT2D eigenvalue weighted by molar-refractivity contribution is 0.0970. The molecule has 0 aliphatic rings. The predicted molar refractivity (Wildman–Crippen MR) is 79.6 cm³/mol. The molecule has 2 rings (SSSR count). The van der Waals surface area contributed by atoms with E-state index in [0.29, 0.717) is 24.6 Å². The number of fused-ring (bicyclic) bond motifs is 1. The molecule has 6 heteroatoms. The summed E-state index contributed by atoms with van der Waals surface area (Å²) in [7, 11) is 0. The van der Waals surface area contributed by atoms with E-state index in [1.165, 1.54) is 6.07 Å². The first-order valence-electron chi connectivity index (χ1n) is 6.99. The van der Waals surface area contributed by atoms with Gasteiger partial charge < -0.3 is 9.30 Å². The van der Waals surface area contributed by atoms with Gasteiger partial charge in [-0.3, -0.25) is 0 Å². The first-order chi connectivity index (χ1) is 9.99. The minimum atomic E-state index is -0.672. The molecule has 2 aromatic rings. The zero-order chi connectivity index (χ0) is 15.6. The van der Waals surface area contributed by atoms with Crippen LogP contribution in [0.5, 0.6) is 0 Å². The summed E-state index contributed by atoms with van der Waals surface area (Å²) in [5.74, 6) is -0.433. The lowest BCUT2D eigenvalue weighted by Crippen LogP contribution is -2.22. The van der Waals surface area contributed by atoms with Crippen molar-refractivity contribution >= 4 is 22.6 Å². The quantitative estimate of drug-likeness (QED) is 0.743. The molecule has 1 aromatic carbocycles. The summed E-state index contributed by atoms with van der Waals surface area (Å²) in [6.07, 6.45) is 0. The molecule has 0 N–H and O–H groups in total. The Labute approximate surface area is 127 Å². The minimum Gasteiger partial charge on any atom is -0.380 e. The molecule has 0 amide bonds. The highest BCUT2D eigenvalue weighted by Crippen LogP contribution is 2.29. The lowest BCUT2D eigenvalue weighted by atomic mass is 10.0. The Bertz CT molecular complexity index is 628. The van der Waals surface area contributed by atoms with Crippen LogP contribution < -0.4 is 0 Å². The molecule has 0 spiro atoms. The van der Waals surface area contributed by atoms with Gasteiger partial charge in [0.15, 0.2) is 5.82 Å². The van der Waals surface area contributed by atoms with Crippen LogP contribution in [0.1, 0.15) is 32.6 Å². The summed E-state index contributed by atoms with van der Waals surface area (Å²) >= 11 is 5.94. The van der Waals surface area contributed by atoms with Crippen LogP contribution in [0, 0.1) is 17.6 Å². The van der Waals surface area contributed by atoms with Gasteiger partial charge in [-0.25, -0.2) is 13.8 Å². The molecule has 3 nitrogen and oxygen atoms in total. The molecule has 0 saturated heterocycles. The molecule has 0 fully saturated rings. The highest BCUT2D eigenvalue weighted by Gasteiger charge is 2.23. The monoisotopic (exact) mass is 316 g/mol. The van der Waals surface area contributed by atoms with Gasteiger partial charge in [-0.15, -0.1) is 11.6 Å². The van der Waals surface area contributed by atoms with Crippen LogP contribution in [0.4, 0.5) is 8.78 Å². The van der Waals surface area contributed by atoms with Gasteiger partial charge in [0, 0.05) is 12.7 Å². The summed E-state index contributed by atoms with van der Waals surface area (Å²) < 4.78 is 34.8. The molecule has 0 bridgehead atoms. The van der Waals surface area contributed by atoms with E-state index in [4.69, 9.17) is 16.3 Å². The van der Waals surface area contributed by atoms with E-state index in [2.05, 4.69) is 4.98 Å². The van der Waals surface area contributed by atoms with Crippen LogP contribution in [-0.2, 0) is 10.6 Å². The number of nitrogens with zero attached hydrogens (tertiary/aromatic N) is 2. The largest absolute Gasteiger partial charge is 0.380 e. The van der Waals surface area contributed by atoms with E-state index in [-0.39, 0.29) is 23.4 Å². The van der Waals surface area contributed by atoms with Crippen molar-refractivity contribution in [2.24, 2.45) is 5.92 Å². The Balaban J connectivity index is 2.63. The number of benzene rings is 1. The standard InChI is InChI=1S/C15H19ClF2N2O/c1-4-21-8-13(9(2)3)20-12-6-10(17)5-11(18)15(12)19-14(20)7-16/h5-6,9,13H,4,7-8H2,1-3H3. The highest BCUT2D eigenvalue weighted by molar-refractivity contribution is 6.16. The lowest BCUT2D eigenvalue weighted by Gasteiger charge is -2.24. The van der Waals surface area contributed by atoms with Gasteiger partial charge in [0.05, 0.1) is 24.0 Å². The van der Waals surface area contributed by atoms with Gasteiger partial charge >= 0.3 is 0 Å². The zero-order valence-corrected chi connectivity index (χ0v) is 13.1. The number of aromatic nitrogens is 2. The molecule has 0 aliphatic heterocycles. The molecular formula is C15H19ClF2N2O. The van der Waals surface area contributed by atoms with Crippen LogP contribution in [0.2, 0.25) is 0 Å². The van der Waals surface area contributed by atoms with Gasteiger partial charge in [-0.05, 0) is 18.9 Å². The van der Waals surface area contributed by atoms with Gasteiger partial charge in [-0.1, -0.05) is 13.8 Å². The van der Waals surface area contributed by atoms with Crippen LogP contribution in [0.25, 0.3) is 11.0 Å². The second kappa shape index (κ2) is 6.71. The fourth-order valence-corrected chi connectivity index (χ4v) is 2.63. The molecule has 1 atom stereocenters. The van der Waals surface area contributed by atoms with Gasteiger partial charge in [0.2, 0.25) is 0 Å². The molecule has 1 heterocycles. The van der Waals surface area contributed by atoms with E-state index in [1.807, 2.05) is 20.8 Å². The fraction of sp³-hybridized carbons (Fsp3) is 0.533. The number of alkyl halides is 1. The summed E-state index contributed by atoms with van der Waals surface area (Å²) in [5, 5.41) is 0. The Hall–Kier alpha value is -1.20. The maximum Gasteiger partial charge on any atom is 0.153 e. The van der Waals surface area contributed by atoms with E-state index in [9.17, 15) is 8.78 Å². The average Bonchev–Trinajstić information content (AvgIpc) is 2.78. The zero-order valence-electron chi connectivity index (χ0n) is 12.4. The SMILES string of the molecule is CCOCC(C(C)C)n1c(CCl)nc2c(F)cc(F)cc21. The second-order valence-corrected chi connectivity index (χ2v) is 5.53. The van der Waals surface area contributed by atoms with Crippen molar-refractivity contribution in [1.29, 1.82) is 0 Å². The third-order valence-corrected chi connectivity index (χ3v) is 3.74. The maximum atomic E-state index is 13.9. The molecule has 1 unspecified atom stereocenters. The predicted octanol–water partition coefficient (Wildman–Crippen LogP) is 4.29. The van der Waals surface area contributed by atoms with Crippen LogP contribution in [0.15, 0.2) is 12.1 Å². The van der Waals surface area contributed by atoms with Crippen LogP contribution >= 0.6 is 11.6 Å². The normalized spacial score (nSPS) is 13.3. The first kappa shape index (κ1) is 16.2. The second-order valence-electron chi connectivity index (χ2n) is 5.26. The fourth-order valence-electron chi connectivity index (χ4n) is 2.44. The molecule has 0 radical (unpaired) electrons. The Morgan fingerprint density at radius 1 is 1.33 bits per heavy atom. The van der Waals surface area contributed by atoms with E-state index >= 15 is 0 Å². The van der Waals surface area contributed by atoms with Crippen molar-refractivity contribution in [2.45, 2.75) is 32.7 Å². The number of imidazole rings is 1. The van der Waals surface area contributed by atoms with Crippen molar-refractivity contribution in [2.75, 3.05) is 13.2 Å². The number of halogens is 3. The number of rotatable bonds is 6. The van der Waals surface area contributed by atoms with Crippen molar-refractivity contribution < 1.29 is 13.5 Å². The summed E-state index contributed by atoms with van der Waals surface area (Å²) in [6, 6.07) is 2.05. The van der Waals surface area contributed by atoms with Crippen LogP contribution in [0.3, 0.4) is 0 Å². The van der Waals surface area contributed by atoms with E-state index in [0.717, 1.165) is 6.07 Å². The smallest absolute Gasteiger partial charge is 0.153 e. The average molecular weight is 317 g/mol. The minimum absolute atomic E-state index is 0.0788. The van der Waals surface area contributed by atoms with Crippen molar-refractivity contribution in [3.8, 4) is 0 Å². The Morgan fingerprint density at radius 2 is 2.05 bits per heavy atom.